The quantitative estimate of drug-likeness (QED) is 0.0193. The number of carbonyl (C=O) groups excluding carboxylic acids is 4. The Hall–Kier alpha value is -7.80. The van der Waals surface area contributed by atoms with E-state index in [1.807, 2.05) is 68.5 Å². The molecule has 1 unspecified atom stereocenters. The number of nitrogens with one attached hydrogen (secondary N) is 4. The number of phenols is 2. The third-order valence-electron chi connectivity index (χ3n) is 17.7. The van der Waals surface area contributed by atoms with Crippen LogP contribution in [0.2, 0.25) is 0 Å². The second-order valence-corrected chi connectivity index (χ2v) is 23.6. The maximum atomic E-state index is 13.2. The fourth-order valence-electron chi connectivity index (χ4n) is 13.4. The van der Waals surface area contributed by atoms with Crippen molar-refractivity contribution in [2.45, 2.75) is 134 Å². The predicted octanol–water partition coefficient (Wildman–Crippen LogP) is 6.88. The lowest BCUT2D eigenvalue weighted by Gasteiger charge is -2.59. The first-order valence-corrected chi connectivity index (χ1v) is 29.8. The van der Waals surface area contributed by atoms with E-state index in [9.17, 15) is 59.4 Å². The molecule has 9 rings (SSSR count). The van der Waals surface area contributed by atoms with Gasteiger partial charge < -0.3 is 81.1 Å². The summed E-state index contributed by atoms with van der Waals surface area (Å²) in [5.41, 5.74) is 3.09. The van der Waals surface area contributed by atoms with E-state index in [2.05, 4.69) is 42.0 Å². The van der Waals surface area contributed by atoms with Gasteiger partial charge in [-0.05, 0) is 154 Å². The summed E-state index contributed by atoms with van der Waals surface area (Å²) in [6, 6.07) is 25.4. The molecule has 12 N–H and O–H groups in total. The van der Waals surface area contributed by atoms with Gasteiger partial charge >= 0.3 is 11.9 Å². The molecular weight excluding hydrogens is 1150 g/mol. The summed E-state index contributed by atoms with van der Waals surface area (Å²) in [4.78, 5) is 65.4. The molecule has 4 aromatic carbocycles. The molecule has 0 spiro atoms. The summed E-state index contributed by atoms with van der Waals surface area (Å²) < 4.78 is 23.0. The number of amides is 2. The number of anilines is 2. The number of benzene rings is 4. The van der Waals surface area contributed by atoms with Gasteiger partial charge in [0.05, 0.1) is 50.0 Å². The SMILES string of the molecule is CCCC1O[C@@H]2C[C@H]3[C@@H]4CCC5=CC(=O)C=C[C@]5(C)[C@H]4[C@@H](O)C[C@]3(C)[C@]2(C(=O)CO)O1.COc1ccc(C[C@@H](C)NC[C@H](O)c2ccc(O)c(NC=O)c2)cc1.COc1ccc(C[C@@H](C)NC[C@H](O)c2ccc(O)c(NC=O)c2)cc1.O=C(O)/C=C/C(=O)O. The molecule has 2 amide bonds. The fourth-order valence-corrected chi connectivity index (χ4v) is 13.4. The summed E-state index contributed by atoms with van der Waals surface area (Å²) >= 11 is 0. The summed E-state index contributed by atoms with van der Waals surface area (Å²) in [7, 11) is 3.28. The van der Waals surface area contributed by atoms with Crippen LogP contribution in [0.15, 0.2) is 121 Å². The molecule has 4 aromatic rings. The maximum Gasteiger partial charge on any atom is 0.328 e. The molecule has 1 heterocycles. The van der Waals surface area contributed by atoms with Crippen LogP contribution in [0, 0.1) is 28.6 Å². The van der Waals surface area contributed by atoms with Crippen LogP contribution in [0.25, 0.3) is 0 Å². The van der Waals surface area contributed by atoms with Crippen molar-refractivity contribution in [1.82, 2.24) is 10.6 Å². The van der Waals surface area contributed by atoms with E-state index >= 15 is 0 Å². The van der Waals surface area contributed by atoms with Crippen molar-refractivity contribution in [2.75, 3.05) is 44.5 Å². The van der Waals surface area contributed by atoms with Crippen LogP contribution >= 0.6 is 0 Å². The summed E-state index contributed by atoms with van der Waals surface area (Å²) in [6.45, 7) is 10.5. The van der Waals surface area contributed by atoms with E-state index < -0.39 is 60.3 Å². The third-order valence-corrected chi connectivity index (χ3v) is 17.7. The van der Waals surface area contributed by atoms with E-state index in [1.165, 1.54) is 23.3 Å². The van der Waals surface area contributed by atoms with Crippen molar-refractivity contribution in [3.63, 3.8) is 0 Å². The monoisotopic (exact) mass is 1230 g/mol. The average molecular weight is 1240 g/mol. The van der Waals surface area contributed by atoms with Crippen molar-refractivity contribution < 1.29 is 88.6 Å². The minimum absolute atomic E-state index is 0.0125. The predicted molar refractivity (Wildman–Crippen MR) is 331 cm³/mol. The fraction of sp³-hybridized carbons (Fsp3) is 0.463. The van der Waals surface area contributed by atoms with E-state index in [-0.39, 0.29) is 69.7 Å². The highest BCUT2D eigenvalue weighted by Crippen LogP contribution is 2.69. The molecule has 3 saturated carbocycles. The first kappa shape index (κ1) is 70.3. The van der Waals surface area contributed by atoms with Crippen molar-refractivity contribution in [2.24, 2.45) is 28.6 Å². The summed E-state index contributed by atoms with van der Waals surface area (Å²) in [6.07, 6.45) is 10.6. The van der Waals surface area contributed by atoms with Crippen LogP contribution in [0.3, 0.4) is 0 Å². The Bertz CT molecular complexity index is 3020. The van der Waals surface area contributed by atoms with Gasteiger partial charge in [0.1, 0.15) is 29.6 Å². The minimum Gasteiger partial charge on any atom is -0.506 e. The number of hydrogen-bond donors (Lipinski definition) is 12. The van der Waals surface area contributed by atoms with E-state index in [0.717, 1.165) is 49.2 Å². The number of allylic oxidation sites excluding steroid dienone is 4. The largest absolute Gasteiger partial charge is 0.506 e. The Kier molecular flexibility index (Phi) is 25.3. The summed E-state index contributed by atoms with van der Waals surface area (Å²) in [5, 5.41) is 88.3. The smallest absolute Gasteiger partial charge is 0.328 e. The normalized spacial score (nSPS) is 25.7. The lowest BCUT2D eigenvalue weighted by Crippen LogP contribution is -2.63. The number of carbonyl (C=O) groups is 6. The van der Waals surface area contributed by atoms with Crippen LogP contribution in [0.4, 0.5) is 11.4 Å². The highest BCUT2D eigenvalue weighted by molar-refractivity contribution is 6.01. The average Bonchev–Trinajstić information content (AvgIpc) is 1.55. The zero-order chi connectivity index (χ0) is 65.2. The molecule has 13 atom stereocenters. The second kappa shape index (κ2) is 32.1. The highest BCUT2D eigenvalue weighted by Gasteiger charge is 2.75. The molecule has 22 heteroatoms. The number of aliphatic hydroxyl groups excluding tert-OH is 4. The van der Waals surface area contributed by atoms with Gasteiger partial charge in [-0.25, -0.2) is 9.59 Å². The lowest BCUT2D eigenvalue weighted by atomic mass is 9.46. The number of hydrogen-bond acceptors (Lipinski definition) is 18. The lowest BCUT2D eigenvalue weighted by molar-refractivity contribution is -0.200. The van der Waals surface area contributed by atoms with Gasteiger partial charge in [-0.15, -0.1) is 0 Å². The van der Waals surface area contributed by atoms with Gasteiger partial charge in [-0.1, -0.05) is 75.2 Å². The van der Waals surface area contributed by atoms with E-state index in [0.29, 0.717) is 68.5 Å². The van der Waals surface area contributed by atoms with Crippen LogP contribution in [0.5, 0.6) is 23.0 Å². The molecule has 0 aromatic heterocycles. The Morgan fingerprint density at radius 2 is 1.26 bits per heavy atom. The number of aromatic hydroxyl groups is 2. The van der Waals surface area contributed by atoms with Crippen molar-refractivity contribution >= 4 is 47.7 Å². The first-order valence-electron chi connectivity index (χ1n) is 29.8. The molecule has 5 aliphatic rings. The molecular formula is C67H86N4O18. The van der Waals surface area contributed by atoms with Gasteiger partial charge in [0.2, 0.25) is 12.8 Å². The Morgan fingerprint density at radius 3 is 1.70 bits per heavy atom. The zero-order valence-electron chi connectivity index (χ0n) is 51.3. The number of Topliss-reactive ketones (excluding diaryl/α,β-unsaturated/α-hetero) is 1. The molecule has 0 bridgehead atoms. The number of aliphatic carboxylic acids is 2. The van der Waals surface area contributed by atoms with Crippen LogP contribution in [-0.4, -0.2) is 147 Å². The van der Waals surface area contributed by atoms with Gasteiger partial charge in [0.15, 0.2) is 23.5 Å². The number of ether oxygens (including phenoxy) is 4. The number of ketones is 2. The molecule has 0 radical (unpaired) electrons. The number of carboxylic acids is 2. The zero-order valence-corrected chi connectivity index (χ0v) is 51.3. The third kappa shape index (κ3) is 17.3. The molecule has 89 heavy (non-hydrogen) atoms. The number of rotatable bonds is 24. The van der Waals surface area contributed by atoms with E-state index in [4.69, 9.17) is 29.2 Å². The molecule has 22 nitrogen and oxygen atoms in total. The number of phenolic OH excluding ortho intramolecular Hbond substituents is 2. The first-order chi connectivity index (χ1) is 42.4. The Balaban J connectivity index is 0.000000202. The van der Waals surface area contributed by atoms with Gasteiger partial charge in [-0.3, -0.25) is 19.2 Å². The van der Waals surface area contributed by atoms with Gasteiger partial charge in [-0.2, -0.15) is 0 Å². The van der Waals surface area contributed by atoms with Gasteiger partial charge in [0.25, 0.3) is 0 Å². The Morgan fingerprint density at radius 1 is 0.764 bits per heavy atom. The van der Waals surface area contributed by atoms with Crippen LogP contribution in [0.1, 0.15) is 108 Å². The van der Waals surface area contributed by atoms with Crippen LogP contribution < -0.4 is 30.7 Å². The molecule has 482 valence electrons. The number of carboxylic acid groups (broad SMARTS) is 2. The van der Waals surface area contributed by atoms with Gasteiger partial charge in [0, 0.05) is 54.1 Å². The van der Waals surface area contributed by atoms with Crippen molar-refractivity contribution in [3.8, 4) is 23.0 Å². The number of fused-ring (bicyclic) bond motifs is 7. The van der Waals surface area contributed by atoms with Crippen molar-refractivity contribution in [3.05, 3.63) is 143 Å². The molecule has 1 saturated heterocycles. The second-order valence-electron chi connectivity index (χ2n) is 23.6. The van der Waals surface area contributed by atoms with Crippen LogP contribution in [-0.2, 0) is 51.1 Å². The standard InChI is InChI=1S/C25H34O6.2C19H24N2O4.C4H4O4/c1-4-5-21-30-20-11-17-16-7-6-14-10-15(27)8-9-23(14,2)22(16)18(28)12-24(17,3)25(20,31-21)19(29)13-26;2*1-13(9-14-3-6-16(25-2)7-4-14)20-11-19(24)15-5-8-18(23)17(10-15)21-12-22;5-3(6)1-2-4(7)8/h8-10,16-18,20-22,26,28H,4-7,11-13H2,1-3H3;2*3-8,10,12-13,19-20,23-24H,9,11H2,1-2H3,(H,21,22);1-2H,(H,5,6)(H,7,8)/b;;;2-1+/t16-,17-,18-,20+,21?,22+,23-,24-,25+;2*13-,19+;/m011./s1. The van der Waals surface area contributed by atoms with Crippen molar-refractivity contribution in [1.29, 1.82) is 0 Å². The molecule has 1 aliphatic heterocycles. The minimum atomic E-state index is -1.26. The number of methoxy groups -OCH3 is 2. The highest BCUT2D eigenvalue weighted by atomic mass is 16.7. The maximum absolute atomic E-state index is 13.2. The number of aliphatic hydroxyl groups is 4. The topological polar surface area (TPSA) is 349 Å². The molecule has 4 fully saturated rings. The molecule has 4 aliphatic carbocycles. The summed E-state index contributed by atoms with van der Waals surface area (Å²) in [5.74, 6) is -0.911. The van der Waals surface area contributed by atoms with E-state index in [1.54, 1.807) is 50.6 Å². The Labute approximate surface area is 518 Å².